The highest BCUT2D eigenvalue weighted by atomic mass is 31.2. The molecule has 27 nitrogen and oxygen atoms in total. The van der Waals surface area contributed by atoms with E-state index in [1.807, 2.05) is 0 Å². The molecule has 2 amide bonds. The average Bonchev–Trinajstić information content (AvgIpc) is 3.69. The van der Waals surface area contributed by atoms with Crippen LogP contribution in [0.5, 0.6) is 0 Å². The molecule has 0 radical (unpaired) electrons. The van der Waals surface area contributed by atoms with Crippen LogP contribution in [0.2, 0.25) is 0 Å². The van der Waals surface area contributed by atoms with Crippen molar-refractivity contribution in [1.29, 1.82) is 0 Å². The molecule has 0 atom stereocenters. The number of carboxylic acid groups (broad SMARTS) is 1. The Morgan fingerprint density at radius 2 is 0.986 bits per heavy atom. The lowest BCUT2D eigenvalue weighted by molar-refractivity contribution is -0.152. The topological polar surface area (TPSA) is 434 Å². The van der Waals surface area contributed by atoms with Gasteiger partial charge < -0.3 is 67.2 Å². The Morgan fingerprint density at radius 3 is 1.31 bits per heavy atom. The number of carbonyl (C=O) groups excluding carboxylic acids is 5. The standard InChI is InChI=1S/C17H29N4O5P.C10H14N4O3.C6H10N4.C6H16NO3P.C4H4O3/c1-4-25-27(24,26-5-2)10-6-7-15(22)8-9-16(23)20-12-14-11-19-13(3)21-17(14)18;1-6-12-4-7(10(11)14-6)5-13-8(15)2-3-9(16)17;1-4-9-3-5(2-7)6(8)10-4;1-3-9-11(8,6-5-7)10-4-2;5-3-1-2-4(6)7-3/h11H,4-10,12H2,1-3H3,(H,20,23)(H2,18,19,21);4H,2-3,5H2,1H3,(H,13,15)(H,16,17)(H2,11,12,14);3H,2,7H2,1H3,(H2,8,9,10);3-7H2,1-2H3;1-2H2. The maximum Gasteiger partial charge on any atom is 0.331 e. The van der Waals surface area contributed by atoms with Crippen LogP contribution in [0, 0.1) is 20.8 Å². The minimum absolute atomic E-state index is 0.0536. The first-order valence-corrected chi connectivity index (χ1v) is 26.4. The molecule has 4 heterocycles. The van der Waals surface area contributed by atoms with Gasteiger partial charge in [-0.2, -0.15) is 0 Å². The van der Waals surface area contributed by atoms with Crippen LogP contribution in [0.1, 0.15) is 113 Å². The summed E-state index contributed by atoms with van der Waals surface area (Å²) >= 11 is 0. The van der Waals surface area contributed by atoms with E-state index in [1.165, 1.54) is 6.20 Å². The van der Waals surface area contributed by atoms with E-state index in [9.17, 15) is 37.9 Å². The number of hydrogen-bond donors (Lipinski definition) is 8. The van der Waals surface area contributed by atoms with Gasteiger partial charge in [-0.25, -0.2) is 29.9 Å². The molecule has 4 rings (SSSR count). The average molecular weight is 1060 g/mol. The van der Waals surface area contributed by atoms with Crippen molar-refractivity contribution < 1.29 is 65.8 Å². The van der Waals surface area contributed by atoms with E-state index in [1.54, 1.807) is 60.9 Å². The summed E-state index contributed by atoms with van der Waals surface area (Å²) in [6, 6.07) is 0. The summed E-state index contributed by atoms with van der Waals surface area (Å²) in [5.74, 6) is 0.462. The number of carboxylic acids is 1. The van der Waals surface area contributed by atoms with Crippen molar-refractivity contribution in [2.45, 2.75) is 119 Å². The number of rotatable bonds is 25. The Kier molecular flexibility index (Phi) is 33.9. The molecule has 0 bridgehead atoms. The first kappa shape index (κ1) is 66.1. The van der Waals surface area contributed by atoms with Gasteiger partial charge in [0.1, 0.15) is 40.7 Å². The van der Waals surface area contributed by atoms with Gasteiger partial charge in [-0.05, 0) is 54.9 Å². The minimum atomic E-state index is -3.12. The van der Waals surface area contributed by atoms with E-state index >= 15 is 0 Å². The highest BCUT2D eigenvalue weighted by Gasteiger charge is 2.24. The number of carbonyl (C=O) groups is 6. The quantitative estimate of drug-likeness (QED) is 0.0343. The summed E-state index contributed by atoms with van der Waals surface area (Å²) < 4.78 is 48.1. The number of cyclic esters (lactones) is 2. The van der Waals surface area contributed by atoms with Crippen molar-refractivity contribution in [2.75, 3.05) is 62.5 Å². The molecular formula is C43H73N13O14P2. The SMILES string of the molecule is CCOP(=O)(CCCC(=O)CCC(=O)NCc1cnc(C)nc1N)OCC.CCOP(=O)(CCN)OCC.Cc1ncc(CN)c(N)n1.Cc1ncc(CNC(=O)CCC(=O)O)c(N)n1.O=C1CCC(=O)O1. The number of nitrogens with one attached hydrogen (secondary N) is 2. The number of anilines is 3. The van der Waals surface area contributed by atoms with E-state index in [4.69, 9.17) is 51.9 Å². The van der Waals surface area contributed by atoms with E-state index in [-0.39, 0.29) is 81.8 Å². The van der Waals surface area contributed by atoms with Gasteiger partial charge in [-0.15, -0.1) is 0 Å². The normalized spacial score (nSPS) is 11.7. The number of aromatic nitrogens is 6. The highest BCUT2D eigenvalue weighted by molar-refractivity contribution is 7.54. The van der Waals surface area contributed by atoms with Gasteiger partial charge in [0.2, 0.25) is 11.8 Å². The molecule has 13 N–H and O–H groups in total. The Balaban J connectivity index is 0.000000953. The number of ether oxygens (including phenoxy) is 1. The smallest absolute Gasteiger partial charge is 0.331 e. The maximum atomic E-state index is 12.3. The minimum Gasteiger partial charge on any atom is -0.481 e. The molecule has 0 aliphatic carbocycles. The molecule has 1 fully saturated rings. The molecule has 404 valence electrons. The van der Waals surface area contributed by atoms with Crippen molar-refractivity contribution in [3.8, 4) is 0 Å². The van der Waals surface area contributed by atoms with Crippen LogP contribution in [-0.4, -0.2) is 116 Å². The van der Waals surface area contributed by atoms with Gasteiger partial charge in [0.05, 0.1) is 58.0 Å². The maximum absolute atomic E-state index is 12.3. The molecule has 29 heteroatoms. The number of hydrogen-bond acceptors (Lipinski definition) is 24. The first-order valence-electron chi connectivity index (χ1n) is 22.9. The number of nitrogen functional groups attached to an aromatic ring is 3. The Morgan fingerprint density at radius 1 is 0.611 bits per heavy atom. The van der Waals surface area contributed by atoms with Crippen LogP contribution < -0.4 is 39.3 Å². The van der Waals surface area contributed by atoms with E-state index in [0.29, 0.717) is 98.2 Å². The van der Waals surface area contributed by atoms with Gasteiger partial charge in [0.25, 0.3) is 0 Å². The predicted octanol–water partition coefficient (Wildman–Crippen LogP) is 3.11. The zero-order valence-electron chi connectivity index (χ0n) is 42.2. The van der Waals surface area contributed by atoms with Crippen LogP contribution in [0.15, 0.2) is 18.6 Å². The summed E-state index contributed by atoms with van der Waals surface area (Å²) in [4.78, 5) is 89.1. The van der Waals surface area contributed by atoms with Gasteiger partial charge in [-0.1, -0.05) is 0 Å². The third kappa shape index (κ3) is 30.7. The lowest BCUT2D eigenvalue weighted by atomic mass is 10.1. The number of nitrogens with two attached hydrogens (primary N) is 5. The molecule has 0 spiro atoms. The number of esters is 2. The zero-order chi connectivity index (χ0) is 54.7. The molecule has 1 aliphatic heterocycles. The molecule has 3 aromatic heterocycles. The summed E-state index contributed by atoms with van der Waals surface area (Å²) in [6.45, 7) is 14.8. The highest BCUT2D eigenvalue weighted by Crippen LogP contribution is 2.49. The molecule has 1 saturated heterocycles. The fraction of sp³-hybridized carbons (Fsp3) is 0.581. The van der Waals surface area contributed by atoms with Crippen molar-refractivity contribution in [3.05, 3.63) is 52.8 Å². The number of ketones is 1. The van der Waals surface area contributed by atoms with Gasteiger partial charge >= 0.3 is 33.1 Å². The molecular weight excluding hydrogens is 984 g/mol. The number of Topliss-reactive ketones (excluding diaryl/α,β-unsaturated/α-hetero) is 1. The largest absolute Gasteiger partial charge is 0.481 e. The van der Waals surface area contributed by atoms with Gasteiger partial charge in [-0.3, -0.25) is 37.9 Å². The van der Waals surface area contributed by atoms with Gasteiger partial charge in [0, 0.05) is 87.1 Å². The molecule has 0 saturated carbocycles. The monoisotopic (exact) mass is 1060 g/mol. The van der Waals surface area contributed by atoms with Crippen molar-refractivity contribution >= 4 is 68.2 Å². The lowest BCUT2D eigenvalue weighted by Crippen LogP contribution is -2.24. The number of amides is 2. The van der Waals surface area contributed by atoms with Crippen molar-refractivity contribution in [3.63, 3.8) is 0 Å². The predicted molar refractivity (Wildman–Crippen MR) is 266 cm³/mol. The van der Waals surface area contributed by atoms with Crippen molar-refractivity contribution in [2.24, 2.45) is 11.5 Å². The van der Waals surface area contributed by atoms with E-state index < -0.39 is 33.1 Å². The fourth-order valence-corrected chi connectivity index (χ4v) is 8.41. The second-order valence-electron chi connectivity index (χ2n) is 14.8. The van der Waals surface area contributed by atoms with Crippen LogP contribution in [0.4, 0.5) is 17.5 Å². The molecule has 1 aliphatic rings. The van der Waals surface area contributed by atoms with Crippen LogP contribution in [0.3, 0.4) is 0 Å². The first-order chi connectivity index (χ1) is 34.0. The zero-order valence-corrected chi connectivity index (χ0v) is 44.0. The molecule has 72 heavy (non-hydrogen) atoms. The molecule has 0 unspecified atom stereocenters. The van der Waals surface area contributed by atoms with Gasteiger partial charge in [0.15, 0.2) is 0 Å². The number of aryl methyl sites for hydroxylation is 3. The second kappa shape index (κ2) is 36.9. The number of aliphatic carboxylic acids is 1. The van der Waals surface area contributed by atoms with Crippen LogP contribution >= 0.6 is 15.2 Å². The third-order valence-corrected chi connectivity index (χ3v) is 13.1. The summed E-state index contributed by atoms with van der Waals surface area (Å²) in [7, 11) is -5.97. The van der Waals surface area contributed by atoms with Crippen molar-refractivity contribution in [1.82, 2.24) is 40.5 Å². The van der Waals surface area contributed by atoms with Crippen LogP contribution in [0.25, 0.3) is 0 Å². The Labute approximate surface area is 419 Å². The van der Waals surface area contributed by atoms with E-state index in [0.717, 1.165) is 5.56 Å². The molecule has 3 aromatic rings. The second-order valence-corrected chi connectivity index (χ2v) is 19.1. The fourth-order valence-electron chi connectivity index (χ4n) is 5.31. The Hall–Kier alpha value is -5.92. The summed E-state index contributed by atoms with van der Waals surface area (Å²) in [5, 5.41) is 13.6. The summed E-state index contributed by atoms with van der Waals surface area (Å²) in [5.41, 5.74) is 29.5. The Bertz CT molecular complexity index is 2230. The van der Waals surface area contributed by atoms with E-state index in [2.05, 4.69) is 45.3 Å². The molecule has 0 aromatic carbocycles. The van der Waals surface area contributed by atoms with Crippen LogP contribution in [-0.2, 0) is 80.4 Å². The number of nitrogens with zero attached hydrogens (tertiary/aromatic N) is 6. The summed E-state index contributed by atoms with van der Waals surface area (Å²) in [6.07, 6.45) is 6.37. The lowest BCUT2D eigenvalue weighted by Gasteiger charge is -2.16. The third-order valence-electron chi connectivity index (χ3n) is 8.78.